The van der Waals surface area contributed by atoms with E-state index in [1.165, 1.54) is 43.5 Å². The smallest absolute Gasteiger partial charge is 0.414 e. The number of carboxylic acid groups (broad SMARTS) is 2. The van der Waals surface area contributed by atoms with Gasteiger partial charge in [-0.15, -0.1) is 4.40 Å². The normalized spacial score (nSPS) is 14.8. The molecule has 0 unspecified atom stereocenters. The van der Waals surface area contributed by atoms with Gasteiger partial charge in [0.05, 0.1) is 12.0 Å². The van der Waals surface area contributed by atoms with Crippen molar-refractivity contribution in [1.82, 2.24) is 4.90 Å². The number of ether oxygens (including phenoxy) is 1. The van der Waals surface area contributed by atoms with E-state index in [2.05, 4.69) is 9.30 Å². The first-order valence-corrected chi connectivity index (χ1v) is 12.6. The molecule has 2 aromatic rings. The summed E-state index contributed by atoms with van der Waals surface area (Å²) in [5.74, 6) is -3.48. The molecule has 1 heterocycles. The minimum Gasteiger partial charge on any atom is -0.497 e. The molecule has 0 amide bonds. The predicted octanol–water partition coefficient (Wildman–Crippen LogP) is 2.02. The summed E-state index contributed by atoms with van der Waals surface area (Å²) in [5, 5.41) is 14.8. The van der Waals surface area contributed by atoms with Crippen molar-refractivity contribution in [2.75, 3.05) is 26.7 Å². The van der Waals surface area contributed by atoms with Gasteiger partial charge in [-0.25, -0.2) is 14.0 Å². The number of halogens is 1. The van der Waals surface area contributed by atoms with E-state index in [0.717, 1.165) is 0 Å². The van der Waals surface area contributed by atoms with Crippen LogP contribution in [0.5, 0.6) is 5.75 Å². The van der Waals surface area contributed by atoms with E-state index in [9.17, 15) is 17.6 Å². The highest BCUT2D eigenvalue weighted by Gasteiger charge is 2.26. The van der Waals surface area contributed by atoms with Crippen LogP contribution in [0.2, 0.25) is 0 Å². The first-order chi connectivity index (χ1) is 17.4. The fraction of sp³-hybridized carbons (Fsp3) is 0.333. The van der Waals surface area contributed by atoms with Gasteiger partial charge in [0.2, 0.25) is 0 Å². The Hall–Kier alpha value is -3.84. The second kappa shape index (κ2) is 13.5. The SMILES string of the molecule is COc1ccc(S(=O)(=O)N=C(N)CCN2CCC(C(=O)c3ccc(F)cc3)CC2)cc1.O=C(O)C(=O)O. The number of carbonyl (C=O) groups is 3. The lowest BCUT2D eigenvalue weighted by Crippen LogP contribution is -2.38. The van der Waals surface area contributed by atoms with Gasteiger partial charge < -0.3 is 25.6 Å². The van der Waals surface area contributed by atoms with Crippen LogP contribution in [-0.4, -0.2) is 73.8 Å². The number of hydrogen-bond donors (Lipinski definition) is 3. The van der Waals surface area contributed by atoms with Crippen molar-refractivity contribution in [1.29, 1.82) is 0 Å². The van der Waals surface area contributed by atoms with Gasteiger partial charge in [-0.1, -0.05) is 0 Å². The number of Topliss-reactive ketones (excluding diaryl/α,β-unsaturated/α-hetero) is 1. The fourth-order valence-electron chi connectivity index (χ4n) is 3.54. The number of amidine groups is 1. The Morgan fingerprint density at radius 3 is 2.05 bits per heavy atom. The maximum absolute atomic E-state index is 13.0. The van der Waals surface area contributed by atoms with Crippen LogP contribution in [0.25, 0.3) is 0 Å². The third kappa shape index (κ3) is 9.28. The number of aliphatic carboxylic acids is 2. The van der Waals surface area contributed by atoms with E-state index in [-0.39, 0.29) is 28.2 Å². The molecule has 11 nitrogen and oxygen atoms in total. The largest absolute Gasteiger partial charge is 0.497 e. The average molecular weight is 538 g/mol. The molecule has 200 valence electrons. The van der Waals surface area contributed by atoms with Crippen LogP contribution in [0.15, 0.2) is 57.8 Å². The summed E-state index contributed by atoms with van der Waals surface area (Å²) >= 11 is 0. The van der Waals surface area contributed by atoms with Gasteiger partial charge >= 0.3 is 11.9 Å². The third-order valence-corrected chi connectivity index (χ3v) is 6.89. The van der Waals surface area contributed by atoms with Gasteiger partial charge in [0.25, 0.3) is 10.0 Å². The average Bonchev–Trinajstić information content (AvgIpc) is 2.88. The van der Waals surface area contributed by atoms with Crippen molar-refractivity contribution in [2.24, 2.45) is 16.0 Å². The van der Waals surface area contributed by atoms with Crippen LogP contribution in [0.1, 0.15) is 29.6 Å². The fourth-order valence-corrected chi connectivity index (χ4v) is 4.53. The lowest BCUT2D eigenvalue weighted by molar-refractivity contribution is -0.159. The molecular formula is C24H28FN3O8S. The van der Waals surface area contributed by atoms with Crippen LogP contribution < -0.4 is 10.5 Å². The Bertz CT molecular complexity index is 1210. The molecule has 37 heavy (non-hydrogen) atoms. The van der Waals surface area contributed by atoms with Crippen molar-refractivity contribution in [3.63, 3.8) is 0 Å². The number of benzene rings is 2. The summed E-state index contributed by atoms with van der Waals surface area (Å²) in [7, 11) is -2.37. The Morgan fingerprint density at radius 2 is 1.57 bits per heavy atom. The maximum atomic E-state index is 13.0. The number of sulfonamides is 1. The number of carbonyl (C=O) groups excluding carboxylic acids is 1. The molecule has 0 aliphatic carbocycles. The Kier molecular flexibility index (Phi) is 10.7. The molecule has 3 rings (SSSR count). The number of methoxy groups -OCH3 is 1. The molecule has 0 aromatic heterocycles. The number of nitrogens with zero attached hydrogens (tertiary/aromatic N) is 2. The van der Waals surface area contributed by atoms with Crippen molar-refractivity contribution in [2.45, 2.75) is 24.2 Å². The molecule has 2 aromatic carbocycles. The van der Waals surface area contributed by atoms with E-state index in [0.29, 0.717) is 50.2 Å². The number of likely N-dealkylation sites (tertiary alicyclic amines) is 1. The van der Waals surface area contributed by atoms with E-state index in [4.69, 9.17) is 30.3 Å². The summed E-state index contributed by atoms with van der Waals surface area (Å²) in [6.45, 7) is 1.97. The molecule has 1 fully saturated rings. The number of hydrogen-bond acceptors (Lipinski definition) is 7. The van der Waals surface area contributed by atoms with Gasteiger partial charge in [0, 0.05) is 24.4 Å². The third-order valence-electron chi connectivity index (χ3n) is 5.55. The summed E-state index contributed by atoms with van der Waals surface area (Å²) in [6, 6.07) is 11.6. The zero-order valence-electron chi connectivity index (χ0n) is 20.0. The minimum absolute atomic E-state index is 0.0336. The van der Waals surface area contributed by atoms with Crippen LogP contribution in [0.4, 0.5) is 4.39 Å². The van der Waals surface area contributed by atoms with Crippen molar-refractivity contribution < 1.29 is 42.1 Å². The summed E-state index contributed by atoms with van der Waals surface area (Å²) < 4.78 is 46.6. The van der Waals surface area contributed by atoms with E-state index in [1.54, 1.807) is 12.1 Å². The lowest BCUT2D eigenvalue weighted by atomic mass is 9.89. The van der Waals surface area contributed by atoms with Gasteiger partial charge in [-0.05, 0) is 74.5 Å². The van der Waals surface area contributed by atoms with Crippen LogP contribution in [-0.2, 0) is 19.6 Å². The van der Waals surface area contributed by atoms with Crippen LogP contribution >= 0.6 is 0 Å². The van der Waals surface area contributed by atoms with Gasteiger partial charge in [-0.3, -0.25) is 4.79 Å². The second-order valence-electron chi connectivity index (χ2n) is 8.08. The predicted molar refractivity (Wildman–Crippen MR) is 132 cm³/mol. The van der Waals surface area contributed by atoms with Crippen molar-refractivity contribution in [3.05, 3.63) is 59.9 Å². The standard InChI is InChI=1S/C22H26FN3O4S.C2H2O4/c1-30-19-6-8-20(9-7-19)31(28,29)25-21(24)12-15-26-13-10-17(11-14-26)22(27)16-2-4-18(23)5-3-16;3-1(4)2(5)6/h2-9,17H,10-15H2,1H3,(H2,24,25);(H,3,4)(H,5,6). The zero-order chi connectivity index (χ0) is 27.6. The van der Waals surface area contributed by atoms with E-state index >= 15 is 0 Å². The number of nitrogens with two attached hydrogens (primary N) is 1. The summed E-state index contributed by atoms with van der Waals surface area (Å²) in [5.41, 5.74) is 6.40. The highest BCUT2D eigenvalue weighted by atomic mass is 32.2. The molecule has 1 aliphatic rings. The molecule has 0 bridgehead atoms. The highest BCUT2D eigenvalue weighted by molar-refractivity contribution is 7.90. The molecule has 4 N–H and O–H groups in total. The van der Waals surface area contributed by atoms with E-state index < -0.39 is 22.0 Å². The molecule has 1 saturated heterocycles. The molecule has 1 aliphatic heterocycles. The topological polar surface area (TPSA) is 177 Å². The van der Waals surface area contributed by atoms with Crippen molar-refractivity contribution >= 4 is 33.6 Å². The minimum atomic E-state index is -3.87. The monoisotopic (exact) mass is 537 g/mol. The van der Waals surface area contributed by atoms with Gasteiger partial charge in [-0.2, -0.15) is 8.42 Å². The lowest BCUT2D eigenvalue weighted by Gasteiger charge is -2.31. The Balaban J connectivity index is 0.000000717. The maximum Gasteiger partial charge on any atom is 0.414 e. The quantitative estimate of drug-likeness (QED) is 0.195. The Labute approximate surface area is 213 Å². The number of piperidine rings is 1. The molecule has 0 atom stereocenters. The molecule has 0 saturated carbocycles. The number of carboxylic acids is 2. The first-order valence-electron chi connectivity index (χ1n) is 11.1. The number of ketones is 1. The molecular weight excluding hydrogens is 509 g/mol. The Morgan fingerprint density at radius 1 is 1.03 bits per heavy atom. The van der Waals surface area contributed by atoms with Crippen LogP contribution in [0.3, 0.4) is 0 Å². The van der Waals surface area contributed by atoms with E-state index in [1.807, 2.05) is 0 Å². The zero-order valence-corrected chi connectivity index (χ0v) is 20.9. The van der Waals surface area contributed by atoms with Gasteiger partial charge in [0.15, 0.2) is 5.78 Å². The highest BCUT2D eigenvalue weighted by Crippen LogP contribution is 2.22. The first kappa shape index (κ1) is 29.4. The summed E-state index contributed by atoms with van der Waals surface area (Å²) in [4.78, 5) is 32.9. The molecule has 0 radical (unpaired) electrons. The summed E-state index contributed by atoms with van der Waals surface area (Å²) in [6.07, 6.45) is 1.70. The van der Waals surface area contributed by atoms with Crippen molar-refractivity contribution in [3.8, 4) is 5.75 Å². The van der Waals surface area contributed by atoms with Gasteiger partial charge in [0.1, 0.15) is 17.4 Å². The second-order valence-corrected chi connectivity index (χ2v) is 9.68. The van der Waals surface area contributed by atoms with Crippen LogP contribution in [0, 0.1) is 11.7 Å². The molecule has 13 heteroatoms. The number of rotatable bonds is 8. The molecule has 0 spiro atoms.